The first-order valence-corrected chi connectivity index (χ1v) is 10.1. The molecule has 0 atom stereocenters. The van der Waals surface area contributed by atoms with Crippen molar-refractivity contribution >= 4 is 10.9 Å². The van der Waals surface area contributed by atoms with E-state index in [0.717, 1.165) is 5.56 Å². The van der Waals surface area contributed by atoms with E-state index < -0.39 is 40.5 Å². The molecule has 7 heteroatoms. The molecule has 1 aromatic heterocycles. The molecule has 0 radical (unpaired) electrons. The minimum atomic E-state index is -2.22. The first kappa shape index (κ1) is 21.7. The zero-order valence-electron chi connectivity index (χ0n) is 17.2. The predicted molar refractivity (Wildman–Crippen MR) is 118 cm³/mol. The minimum Gasteiger partial charge on any atom is -0.248 e. The second-order valence-corrected chi connectivity index (χ2v) is 7.61. The van der Waals surface area contributed by atoms with Crippen molar-refractivity contribution in [2.24, 2.45) is 0 Å². The van der Waals surface area contributed by atoms with Crippen LogP contribution < -0.4 is 0 Å². The molecule has 0 amide bonds. The lowest BCUT2D eigenvalue weighted by atomic mass is 9.95. The molecule has 0 fully saturated rings. The van der Waals surface area contributed by atoms with Gasteiger partial charge in [0.2, 0.25) is 5.82 Å². The summed E-state index contributed by atoms with van der Waals surface area (Å²) in [5.74, 6) is -10.5. The lowest BCUT2D eigenvalue weighted by Crippen LogP contribution is -2.04. The summed E-state index contributed by atoms with van der Waals surface area (Å²) in [6.45, 7) is 0. The van der Waals surface area contributed by atoms with Gasteiger partial charge < -0.3 is 0 Å². The molecule has 1 nitrogen and oxygen atoms in total. The highest BCUT2D eigenvalue weighted by atomic mass is 19.2. The molecule has 0 aliphatic heterocycles. The van der Waals surface area contributed by atoms with Gasteiger partial charge in [-0.25, -0.2) is 31.3 Å². The Morgan fingerprint density at radius 2 is 1.15 bits per heavy atom. The fourth-order valence-electron chi connectivity index (χ4n) is 3.89. The topological polar surface area (TPSA) is 12.9 Å². The number of halogens is 6. The van der Waals surface area contributed by atoms with E-state index in [9.17, 15) is 26.3 Å². The molecule has 5 aromatic rings. The smallest absolute Gasteiger partial charge is 0.200 e. The maximum absolute atomic E-state index is 14.5. The van der Waals surface area contributed by atoms with Crippen molar-refractivity contribution in [2.45, 2.75) is 0 Å². The minimum absolute atomic E-state index is 0.196. The zero-order chi connectivity index (χ0) is 24.0. The fourth-order valence-corrected chi connectivity index (χ4v) is 3.89. The summed E-state index contributed by atoms with van der Waals surface area (Å²) < 4.78 is 83.9. The standard InChI is InChI=1S/C27H13F6N/c28-17-8-4-7-15(11-17)21-13-18(14-5-2-1-3-6-14)19-12-16(9-10-20(19)34-21)22-23(29)25(31)27(33)26(32)24(22)30/h1-13H. The van der Waals surface area contributed by atoms with Gasteiger partial charge in [0.1, 0.15) is 5.82 Å². The summed E-state index contributed by atoms with van der Waals surface area (Å²) in [5, 5.41) is 0.424. The van der Waals surface area contributed by atoms with Crippen LogP contribution in [0.1, 0.15) is 0 Å². The molecule has 0 saturated heterocycles. The maximum Gasteiger partial charge on any atom is 0.200 e. The highest BCUT2D eigenvalue weighted by molar-refractivity contribution is 5.99. The summed E-state index contributed by atoms with van der Waals surface area (Å²) >= 11 is 0. The molecule has 168 valence electrons. The molecular formula is C27H13F6N. The van der Waals surface area contributed by atoms with Gasteiger partial charge in [-0.2, -0.15) is 0 Å². The van der Waals surface area contributed by atoms with Gasteiger partial charge in [0.25, 0.3) is 0 Å². The van der Waals surface area contributed by atoms with Crippen LogP contribution in [0, 0.1) is 34.9 Å². The van der Waals surface area contributed by atoms with Crippen molar-refractivity contribution in [3.63, 3.8) is 0 Å². The average Bonchev–Trinajstić information content (AvgIpc) is 2.86. The molecule has 0 N–H and O–H groups in total. The zero-order valence-corrected chi connectivity index (χ0v) is 17.2. The largest absolute Gasteiger partial charge is 0.248 e. The average molecular weight is 465 g/mol. The van der Waals surface area contributed by atoms with Gasteiger partial charge in [-0.1, -0.05) is 48.5 Å². The van der Waals surface area contributed by atoms with Crippen LogP contribution in [0.25, 0.3) is 44.4 Å². The van der Waals surface area contributed by atoms with Crippen molar-refractivity contribution in [1.29, 1.82) is 0 Å². The summed E-state index contributed by atoms with van der Waals surface area (Å²) in [7, 11) is 0. The molecule has 0 aliphatic carbocycles. The summed E-state index contributed by atoms with van der Waals surface area (Å²) in [5.41, 5.74) is 1.47. The first-order chi connectivity index (χ1) is 16.3. The summed E-state index contributed by atoms with van der Waals surface area (Å²) in [4.78, 5) is 4.54. The number of hydrogen-bond donors (Lipinski definition) is 0. The van der Waals surface area contributed by atoms with Gasteiger partial charge in [0.05, 0.1) is 16.8 Å². The Hall–Kier alpha value is -4.13. The fraction of sp³-hybridized carbons (Fsp3) is 0. The molecule has 0 spiro atoms. The van der Waals surface area contributed by atoms with Crippen molar-refractivity contribution in [3.05, 3.63) is 114 Å². The van der Waals surface area contributed by atoms with E-state index in [0.29, 0.717) is 27.7 Å². The quantitative estimate of drug-likeness (QED) is 0.149. The van der Waals surface area contributed by atoms with Crippen LogP contribution in [0.5, 0.6) is 0 Å². The van der Waals surface area contributed by atoms with Crippen molar-refractivity contribution < 1.29 is 26.3 Å². The van der Waals surface area contributed by atoms with Gasteiger partial charge in [-0.15, -0.1) is 0 Å². The van der Waals surface area contributed by atoms with Crippen LogP contribution in [0.2, 0.25) is 0 Å². The summed E-state index contributed by atoms with van der Waals surface area (Å²) in [6, 6.07) is 20.5. The van der Waals surface area contributed by atoms with Gasteiger partial charge in [-0.05, 0) is 47.0 Å². The second kappa shape index (κ2) is 8.33. The molecular weight excluding hydrogens is 452 g/mol. The van der Waals surface area contributed by atoms with Gasteiger partial charge in [-0.3, -0.25) is 0 Å². The maximum atomic E-state index is 14.5. The number of rotatable bonds is 3. The number of pyridine rings is 1. The van der Waals surface area contributed by atoms with Gasteiger partial charge in [0, 0.05) is 10.9 Å². The van der Waals surface area contributed by atoms with Gasteiger partial charge in [0.15, 0.2) is 23.3 Å². The third-order valence-corrected chi connectivity index (χ3v) is 5.51. The number of nitrogens with zero attached hydrogens (tertiary/aromatic N) is 1. The monoisotopic (exact) mass is 465 g/mol. The van der Waals surface area contributed by atoms with Crippen molar-refractivity contribution in [2.75, 3.05) is 0 Å². The number of benzene rings is 4. The van der Waals surface area contributed by atoms with Crippen LogP contribution in [0.15, 0.2) is 78.9 Å². The SMILES string of the molecule is Fc1cccc(-c2cc(-c3ccccc3)c3cc(-c4c(F)c(F)c(F)c(F)c4F)ccc3n2)c1. The van der Waals surface area contributed by atoms with E-state index in [2.05, 4.69) is 4.98 Å². The molecule has 0 bridgehead atoms. The Bertz CT molecular complexity index is 1530. The predicted octanol–water partition coefficient (Wildman–Crippen LogP) is 8.07. The highest BCUT2D eigenvalue weighted by Gasteiger charge is 2.27. The van der Waals surface area contributed by atoms with Crippen LogP contribution >= 0.6 is 0 Å². The highest BCUT2D eigenvalue weighted by Crippen LogP contribution is 2.37. The van der Waals surface area contributed by atoms with Crippen LogP contribution in [-0.2, 0) is 0 Å². The van der Waals surface area contributed by atoms with E-state index in [4.69, 9.17) is 0 Å². The molecule has 0 aliphatic rings. The second-order valence-electron chi connectivity index (χ2n) is 7.61. The first-order valence-electron chi connectivity index (χ1n) is 10.1. The van der Waals surface area contributed by atoms with E-state index >= 15 is 0 Å². The lowest BCUT2D eigenvalue weighted by Gasteiger charge is -2.13. The molecule has 0 unspecified atom stereocenters. The lowest BCUT2D eigenvalue weighted by molar-refractivity contribution is 0.381. The molecule has 5 rings (SSSR count). The van der Waals surface area contributed by atoms with E-state index in [-0.39, 0.29) is 5.56 Å². The van der Waals surface area contributed by atoms with E-state index in [1.165, 1.54) is 30.3 Å². The number of fused-ring (bicyclic) bond motifs is 1. The van der Waals surface area contributed by atoms with Gasteiger partial charge >= 0.3 is 0 Å². The Balaban J connectivity index is 1.80. The normalized spacial score (nSPS) is 11.2. The van der Waals surface area contributed by atoms with E-state index in [1.807, 2.05) is 0 Å². The third-order valence-electron chi connectivity index (χ3n) is 5.51. The van der Waals surface area contributed by atoms with Crippen molar-refractivity contribution in [1.82, 2.24) is 4.98 Å². The Morgan fingerprint density at radius 1 is 0.500 bits per heavy atom. The molecule has 0 saturated carbocycles. The summed E-state index contributed by atoms with van der Waals surface area (Å²) in [6.07, 6.45) is 0. The molecule has 4 aromatic carbocycles. The van der Waals surface area contributed by atoms with E-state index in [1.54, 1.807) is 48.5 Å². The van der Waals surface area contributed by atoms with Crippen LogP contribution in [0.4, 0.5) is 26.3 Å². The van der Waals surface area contributed by atoms with Crippen LogP contribution in [-0.4, -0.2) is 4.98 Å². The Labute approximate surface area is 189 Å². The molecule has 34 heavy (non-hydrogen) atoms. The number of aromatic nitrogens is 1. The Kier molecular flexibility index (Phi) is 5.32. The molecule has 1 heterocycles. The van der Waals surface area contributed by atoms with Crippen LogP contribution in [0.3, 0.4) is 0 Å². The Morgan fingerprint density at radius 3 is 1.82 bits per heavy atom. The third kappa shape index (κ3) is 3.59. The number of hydrogen-bond acceptors (Lipinski definition) is 1. The van der Waals surface area contributed by atoms with Crippen molar-refractivity contribution in [3.8, 4) is 33.5 Å².